The first-order valence-electron chi connectivity index (χ1n) is 9.08. The molecule has 4 N–H and O–H groups in total. The van der Waals surface area contributed by atoms with Crippen LogP contribution in [0.2, 0.25) is 0 Å². The summed E-state index contributed by atoms with van der Waals surface area (Å²) in [6.45, 7) is 4.43. The minimum Gasteiger partial charge on any atom is -0.494 e. The van der Waals surface area contributed by atoms with Crippen molar-refractivity contribution in [3.63, 3.8) is 0 Å². The van der Waals surface area contributed by atoms with E-state index in [0.29, 0.717) is 5.56 Å². The molecule has 2 atom stereocenters. The standard InChI is InChI=1S/C17H24N2O2.C2H2O4/c18-17(20)13-5-7-16(8-6-13)21-10-2-9-19-11-14-3-1-4-15(14)12-19;3-1(4)2(5)6/h5-8,14-15H,1-4,9-12H2,(H2,18,20);(H,3,4)(H,5,6). The van der Waals surface area contributed by atoms with Gasteiger partial charge in [0.1, 0.15) is 5.75 Å². The van der Waals surface area contributed by atoms with Crippen LogP contribution in [0.15, 0.2) is 24.3 Å². The van der Waals surface area contributed by atoms with E-state index >= 15 is 0 Å². The van der Waals surface area contributed by atoms with Crippen LogP contribution in [0.4, 0.5) is 0 Å². The lowest BCUT2D eigenvalue weighted by molar-refractivity contribution is -0.159. The van der Waals surface area contributed by atoms with Crippen LogP contribution in [0.1, 0.15) is 36.0 Å². The lowest BCUT2D eigenvalue weighted by Gasteiger charge is -2.16. The number of hydrogen-bond acceptors (Lipinski definition) is 5. The summed E-state index contributed by atoms with van der Waals surface area (Å²) in [4.78, 5) is 31.8. The number of carboxylic acid groups (broad SMARTS) is 2. The molecular formula is C19H26N2O6. The van der Waals surface area contributed by atoms with Gasteiger partial charge in [-0.05, 0) is 55.4 Å². The Morgan fingerprint density at radius 2 is 1.59 bits per heavy atom. The monoisotopic (exact) mass is 378 g/mol. The lowest BCUT2D eigenvalue weighted by Crippen LogP contribution is -2.24. The molecule has 1 heterocycles. The zero-order chi connectivity index (χ0) is 19.8. The highest BCUT2D eigenvalue weighted by Gasteiger charge is 2.35. The van der Waals surface area contributed by atoms with Gasteiger partial charge in [0.05, 0.1) is 6.61 Å². The molecule has 0 bridgehead atoms. The summed E-state index contributed by atoms with van der Waals surface area (Å²) in [5.41, 5.74) is 5.73. The second-order valence-corrected chi connectivity index (χ2v) is 6.91. The number of nitrogens with two attached hydrogens (primary N) is 1. The number of fused-ring (bicyclic) bond motifs is 1. The highest BCUT2D eigenvalue weighted by atomic mass is 16.5. The SMILES string of the molecule is NC(=O)c1ccc(OCCCN2CC3CCCC3C2)cc1.O=C(O)C(=O)O. The van der Waals surface area contributed by atoms with Gasteiger partial charge in [0.2, 0.25) is 5.91 Å². The quantitative estimate of drug-likeness (QED) is 0.504. The maximum absolute atomic E-state index is 11.0. The Balaban J connectivity index is 0.000000380. The first-order valence-corrected chi connectivity index (χ1v) is 9.08. The van der Waals surface area contributed by atoms with Crippen molar-refractivity contribution in [2.45, 2.75) is 25.7 Å². The van der Waals surface area contributed by atoms with Crippen molar-refractivity contribution in [1.82, 2.24) is 4.90 Å². The van der Waals surface area contributed by atoms with Crippen LogP contribution in [0.25, 0.3) is 0 Å². The van der Waals surface area contributed by atoms with Gasteiger partial charge in [0.15, 0.2) is 0 Å². The Hall–Kier alpha value is -2.61. The van der Waals surface area contributed by atoms with Gasteiger partial charge in [-0.25, -0.2) is 9.59 Å². The van der Waals surface area contributed by atoms with Crippen LogP contribution in [-0.2, 0) is 9.59 Å². The molecule has 0 spiro atoms. The van der Waals surface area contributed by atoms with E-state index in [4.69, 9.17) is 30.3 Å². The van der Waals surface area contributed by atoms with Crippen molar-refractivity contribution in [2.24, 2.45) is 17.6 Å². The fourth-order valence-corrected chi connectivity index (χ4v) is 3.71. The second kappa shape index (κ2) is 9.91. The molecule has 2 fully saturated rings. The second-order valence-electron chi connectivity index (χ2n) is 6.91. The Kier molecular flexibility index (Phi) is 7.60. The van der Waals surface area contributed by atoms with Gasteiger partial charge in [-0.1, -0.05) is 6.42 Å². The summed E-state index contributed by atoms with van der Waals surface area (Å²) in [6.07, 6.45) is 5.36. The van der Waals surface area contributed by atoms with E-state index in [2.05, 4.69) is 4.90 Å². The van der Waals surface area contributed by atoms with Gasteiger partial charge in [-0.3, -0.25) is 4.79 Å². The molecule has 148 valence electrons. The molecule has 2 aliphatic rings. The Morgan fingerprint density at radius 3 is 2.07 bits per heavy atom. The number of primary amides is 1. The van der Waals surface area contributed by atoms with Gasteiger partial charge in [-0.2, -0.15) is 0 Å². The van der Waals surface area contributed by atoms with Crippen molar-refractivity contribution >= 4 is 17.8 Å². The van der Waals surface area contributed by atoms with Crippen LogP contribution in [0.5, 0.6) is 5.75 Å². The molecular weight excluding hydrogens is 352 g/mol. The van der Waals surface area contributed by atoms with Crippen molar-refractivity contribution in [3.05, 3.63) is 29.8 Å². The van der Waals surface area contributed by atoms with E-state index in [9.17, 15) is 4.79 Å². The van der Waals surface area contributed by atoms with Crippen molar-refractivity contribution in [3.8, 4) is 5.75 Å². The number of carbonyl (C=O) groups excluding carboxylic acids is 1. The number of benzene rings is 1. The predicted molar refractivity (Wildman–Crippen MR) is 97.6 cm³/mol. The van der Waals surface area contributed by atoms with Crippen LogP contribution >= 0.6 is 0 Å². The van der Waals surface area contributed by atoms with E-state index in [1.54, 1.807) is 24.3 Å². The van der Waals surface area contributed by atoms with Crippen LogP contribution in [-0.4, -0.2) is 59.2 Å². The molecule has 1 saturated heterocycles. The van der Waals surface area contributed by atoms with Crippen molar-refractivity contribution in [2.75, 3.05) is 26.2 Å². The highest BCUT2D eigenvalue weighted by Crippen LogP contribution is 2.37. The Morgan fingerprint density at radius 1 is 1.04 bits per heavy atom. The summed E-state index contributed by atoms with van der Waals surface area (Å²) in [7, 11) is 0. The lowest BCUT2D eigenvalue weighted by atomic mass is 10.0. The van der Waals surface area contributed by atoms with Gasteiger partial charge in [-0.15, -0.1) is 0 Å². The molecule has 2 unspecified atom stereocenters. The molecule has 1 amide bonds. The summed E-state index contributed by atoms with van der Waals surface area (Å²) in [6, 6.07) is 7.03. The van der Waals surface area contributed by atoms with E-state index in [1.807, 2.05) is 0 Å². The van der Waals surface area contributed by atoms with Gasteiger partial charge >= 0.3 is 11.9 Å². The molecule has 0 radical (unpaired) electrons. The largest absolute Gasteiger partial charge is 0.494 e. The molecule has 1 aromatic carbocycles. The molecule has 8 nitrogen and oxygen atoms in total. The Labute approximate surface area is 157 Å². The molecule has 1 aliphatic heterocycles. The molecule has 0 aromatic heterocycles. The van der Waals surface area contributed by atoms with Crippen LogP contribution in [0.3, 0.4) is 0 Å². The number of carboxylic acids is 2. The van der Waals surface area contributed by atoms with Crippen molar-refractivity contribution < 1.29 is 29.3 Å². The van der Waals surface area contributed by atoms with Gasteiger partial charge in [0, 0.05) is 25.2 Å². The number of hydrogen-bond donors (Lipinski definition) is 3. The first kappa shape index (κ1) is 20.7. The third-order valence-electron chi connectivity index (χ3n) is 5.01. The normalized spacial score (nSPS) is 21.0. The summed E-state index contributed by atoms with van der Waals surface area (Å²) in [5.74, 6) is -1.32. The van der Waals surface area contributed by atoms with Gasteiger partial charge < -0.3 is 25.6 Å². The zero-order valence-corrected chi connectivity index (χ0v) is 15.2. The van der Waals surface area contributed by atoms with E-state index in [0.717, 1.165) is 37.2 Å². The number of aliphatic carboxylic acids is 2. The van der Waals surface area contributed by atoms with E-state index in [-0.39, 0.29) is 0 Å². The number of ether oxygens (including phenoxy) is 1. The summed E-state index contributed by atoms with van der Waals surface area (Å²) in [5, 5.41) is 14.8. The molecule has 8 heteroatoms. The van der Waals surface area contributed by atoms with E-state index in [1.165, 1.54) is 32.4 Å². The molecule has 1 aliphatic carbocycles. The number of likely N-dealkylation sites (tertiary alicyclic amines) is 1. The fraction of sp³-hybridized carbons (Fsp3) is 0.526. The summed E-state index contributed by atoms with van der Waals surface area (Å²) >= 11 is 0. The molecule has 1 aromatic rings. The summed E-state index contributed by atoms with van der Waals surface area (Å²) < 4.78 is 5.72. The van der Waals surface area contributed by atoms with Crippen LogP contribution in [0, 0.1) is 11.8 Å². The Bertz CT molecular complexity index is 637. The first-order chi connectivity index (χ1) is 12.9. The maximum atomic E-state index is 11.0. The van der Waals surface area contributed by atoms with Gasteiger partial charge in [0.25, 0.3) is 0 Å². The van der Waals surface area contributed by atoms with Crippen molar-refractivity contribution in [1.29, 1.82) is 0 Å². The highest BCUT2D eigenvalue weighted by molar-refractivity contribution is 6.27. The number of rotatable bonds is 6. The molecule has 27 heavy (non-hydrogen) atoms. The molecule has 1 saturated carbocycles. The fourth-order valence-electron chi connectivity index (χ4n) is 3.71. The number of amides is 1. The predicted octanol–water partition coefficient (Wildman–Crippen LogP) is 1.44. The average Bonchev–Trinajstić information content (AvgIpc) is 3.21. The minimum absolute atomic E-state index is 0.402. The number of carbonyl (C=O) groups is 3. The number of nitrogens with zero attached hydrogens (tertiary/aromatic N) is 1. The third-order valence-corrected chi connectivity index (χ3v) is 5.01. The zero-order valence-electron chi connectivity index (χ0n) is 15.2. The maximum Gasteiger partial charge on any atom is 0.414 e. The van der Waals surface area contributed by atoms with E-state index < -0.39 is 17.8 Å². The third kappa shape index (κ3) is 6.56. The molecule has 3 rings (SSSR count). The minimum atomic E-state index is -1.82. The topological polar surface area (TPSA) is 130 Å². The van der Waals surface area contributed by atoms with Crippen LogP contribution < -0.4 is 10.5 Å². The smallest absolute Gasteiger partial charge is 0.414 e. The average molecular weight is 378 g/mol.